The zero-order chi connectivity index (χ0) is 14.4. The summed E-state index contributed by atoms with van der Waals surface area (Å²) in [5.74, 6) is 0.216. The predicted molar refractivity (Wildman–Crippen MR) is 86.6 cm³/mol. The molecule has 0 spiro atoms. The molecule has 0 aliphatic carbocycles. The zero-order valence-electron chi connectivity index (χ0n) is 11.5. The van der Waals surface area contributed by atoms with Crippen molar-refractivity contribution < 1.29 is 4.79 Å². The maximum atomic E-state index is 12.3. The van der Waals surface area contributed by atoms with E-state index >= 15 is 0 Å². The van der Waals surface area contributed by atoms with E-state index in [-0.39, 0.29) is 5.91 Å². The maximum absolute atomic E-state index is 12.3. The Morgan fingerprint density at radius 1 is 1.15 bits per heavy atom. The molecular formula is C15H20BrClN2O. The third-order valence-electron chi connectivity index (χ3n) is 3.61. The Labute approximate surface area is 134 Å². The highest BCUT2D eigenvalue weighted by molar-refractivity contribution is 9.09. The van der Waals surface area contributed by atoms with Crippen molar-refractivity contribution in [3.05, 3.63) is 34.9 Å². The number of benzene rings is 1. The molecule has 0 atom stereocenters. The van der Waals surface area contributed by atoms with Gasteiger partial charge in [-0.25, -0.2) is 0 Å². The molecular weight excluding hydrogens is 340 g/mol. The lowest BCUT2D eigenvalue weighted by Crippen LogP contribution is -2.36. The molecule has 110 valence electrons. The van der Waals surface area contributed by atoms with E-state index in [1.54, 1.807) is 0 Å². The van der Waals surface area contributed by atoms with Gasteiger partial charge in [0.05, 0.1) is 6.42 Å². The number of hydrogen-bond donors (Lipinski definition) is 0. The average molecular weight is 360 g/mol. The lowest BCUT2D eigenvalue weighted by atomic mass is 10.1. The number of carbonyl (C=O) groups excluding carboxylic acids is 1. The summed E-state index contributed by atoms with van der Waals surface area (Å²) in [4.78, 5) is 16.7. The van der Waals surface area contributed by atoms with Crippen molar-refractivity contribution in [1.29, 1.82) is 0 Å². The van der Waals surface area contributed by atoms with Crippen LogP contribution >= 0.6 is 27.5 Å². The standard InChI is InChI=1S/C15H20BrClN2O/c16-6-9-18-7-1-8-19(11-10-18)15(20)12-13-2-4-14(17)5-3-13/h2-5H,1,6-12H2. The second-order valence-corrected chi connectivity index (χ2v) is 6.30. The van der Waals surface area contributed by atoms with Crippen LogP contribution in [0.2, 0.25) is 5.02 Å². The third-order valence-corrected chi connectivity index (χ3v) is 4.22. The van der Waals surface area contributed by atoms with E-state index in [1.165, 1.54) is 0 Å². The molecule has 1 aliphatic heterocycles. The number of halogens is 2. The minimum atomic E-state index is 0.216. The second-order valence-electron chi connectivity index (χ2n) is 5.07. The first-order chi connectivity index (χ1) is 9.69. The fourth-order valence-electron chi connectivity index (χ4n) is 2.45. The average Bonchev–Trinajstić information content (AvgIpc) is 2.67. The minimum Gasteiger partial charge on any atom is -0.341 e. The molecule has 1 aromatic carbocycles. The molecule has 1 heterocycles. The van der Waals surface area contributed by atoms with Gasteiger partial charge in [-0.15, -0.1) is 0 Å². The molecule has 20 heavy (non-hydrogen) atoms. The molecule has 3 nitrogen and oxygen atoms in total. The van der Waals surface area contributed by atoms with Gasteiger partial charge in [0.15, 0.2) is 0 Å². The summed E-state index contributed by atoms with van der Waals surface area (Å²) < 4.78 is 0. The van der Waals surface area contributed by atoms with Gasteiger partial charge in [-0.3, -0.25) is 4.79 Å². The molecule has 0 bridgehead atoms. The van der Waals surface area contributed by atoms with Crippen LogP contribution in [0.3, 0.4) is 0 Å². The van der Waals surface area contributed by atoms with Crippen molar-refractivity contribution in [3.63, 3.8) is 0 Å². The second kappa shape index (κ2) is 8.01. The summed E-state index contributed by atoms with van der Waals surface area (Å²) in [5.41, 5.74) is 1.03. The molecule has 1 aromatic rings. The van der Waals surface area contributed by atoms with Crippen LogP contribution in [-0.2, 0) is 11.2 Å². The van der Waals surface area contributed by atoms with Crippen LogP contribution in [0.5, 0.6) is 0 Å². The first kappa shape index (κ1) is 15.8. The van der Waals surface area contributed by atoms with Gasteiger partial charge in [-0.2, -0.15) is 0 Å². The molecule has 0 radical (unpaired) electrons. The van der Waals surface area contributed by atoms with Gasteiger partial charge >= 0.3 is 0 Å². The Morgan fingerprint density at radius 3 is 2.60 bits per heavy atom. The Hall–Kier alpha value is -0.580. The van der Waals surface area contributed by atoms with Gasteiger partial charge in [0.1, 0.15) is 0 Å². The molecule has 1 aliphatic rings. The summed E-state index contributed by atoms with van der Waals surface area (Å²) in [5, 5.41) is 1.70. The fraction of sp³-hybridized carbons (Fsp3) is 0.533. The summed E-state index contributed by atoms with van der Waals surface area (Å²) in [6, 6.07) is 7.53. The maximum Gasteiger partial charge on any atom is 0.227 e. The van der Waals surface area contributed by atoms with Crippen molar-refractivity contribution in [2.24, 2.45) is 0 Å². The van der Waals surface area contributed by atoms with E-state index in [0.29, 0.717) is 11.4 Å². The topological polar surface area (TPSA) is 23.6 Å². The summed E-state index contributed by atoms with van der Waals surface area (Å²) in [7, 11) is 0. The highest BCUT2D eigenvalue weighted by Gasteiger charge is 2.18. The first-order valence-electron chi connectivity index (χ1n) is 6.99. The Morgan fingerprint density at radius 2 is 1.90 bits per heavy atom. The van der Waals surface area contributed by atoms with Crippen molar-refractivity contribution in [1.82, 2.24) is 9.80 Å². The molecule has 0 N–H and O–H groups in total. The number of amides is 1. The monoisotopic (exact) mass is 358 g/mol. The van der Waals surface area contributed by atoms with Gasteiger partial charge in [0.2, 0.25) is 5.91 Å². The molecule has 2 rings (SSSR count). The Kier molecular flexibility index (Phi) is 6.33. The smallest absolute Gasteiger partial charge is 0.227 e. The van der Waals surface area contributed by atoms with Crippen LogP contribution < -0.4 is 0 Å². The van der Waals surface area contributed by atoms with E-state index < -0.39 is 0 Å². The molecule has 1 saturated heterocycles. The largest absolute Gasteiger partial charge is 0.341 e. The van der Waals surface area contributed by atoms with Gasteiger partial charge in [0.25, 0.3) is 0 Å². The SMILES string of the molecule is O=C(Cc1ccc(Cl)cc1)N1CCCN(CCBr)CC1. The number of carbonyl (C=O) groups is 1. The first-order valence-corrected chi connectivity index (χ1v) is 8.49. The van der Waals surface area contributed by atoms with Gasteiger partial charge in [-0.1, -0.05) is 39.7 Å². The normalized spacial score (nSPS) is 17.0. The Bertz CT molecular complexity index is 438. The van der Waals surface area contributed by atoms with Crippen molar-refractivity contribution in [3.8, 4) is 0 Å². The van der Waals surface area contributed by atoms with Crippen molar-refractivity contribution in [2.75, 3.05) is 38.1 Å². The van der Waals surface area contributed by atoms with Gasteiger partial charge < -0.3 is 9.80 Å². The van der Waals surface area contributed by atoms with E-state index in [9.17, 15) is 4.79 Å². The van der Waals surface area contributed by atoms with Crippen LogP contribution in [0, 0.1) is 0 Å². The third kappa shape index (κ3) is 4.76. The van der Waals surface area contributed by atoms with Crippen molar-refractivity contribution in [2.45, 2.75) is 12.8 Å². The molecule has 0 saturated carbocycles. The minimum absolute atomic E-state index is 0.216. The lowest BCUT2D eigenvalue weighted by molar-refractivity contribution is -0.130. The van der Waals surface area contributed by atoms with E-state index in [0.717, 1.165) is 50.0 Å². The number of hydrogen-bond acceptors (Lipinski definition) is 2. The molecule has 0 aromatic heterocycles. The highest BCUT2D eigenvalue weighted by atomic mass is 79.9. The molecule has 5 heteroatoms. The lowest BCUT2D eigenvalue weighted by Gasteiger charge is -2.21. The predicted octanol–water partition coefficient (Wildman–Crippen LogP) is 2.81. The van der Waals surface area contributed by atoms with E-state index in [4.69, 9.17) is 11.6 Å². The molecule has 1 fully saturated rings. The molecule has 0 unspecified atom stereocenters. The summed E-state index contributed by atoms with van der Waals surface area (Å²) in [6.45, 7) is 4.80. The number of nitrogens with zero attached hydrogens (tertiary/aromatic N) is 2. The van der Waals surface area contributed by atoms with Crippen LogP contribution in [0.4, 0.5) is 0 Å². The summed E-state index contributed by atoms with van der Waals surface area (Å²) >= 11 is 9.33. The summed E-state index contributed by atoms with van der Waals surface area (Å²) in [6.07, 6.45) is 1.52. The number of rotatable bonds is 4. The van der Waals surface area contributed by atoms with Crippen molar-refractivity contribution >= 4 is 33.4 Å². The van der Waals surface area contributed by atoms with E-state index in [2.05, 4.69) is 20.8 Å². The van der Waals surface area contributed by atoms with Gasteiger partial charge in [-0.05, 0) is 30.7 Å². The van der Waals surface area contributed by atoms with Gasteiger partial charge in [0, 0.05) is 36.5 Å². The Balaban J connectivity index is 1.87. The van der Waals surface area contributed by atoms with Crippen LogP contribution in [0.25, 0.3) is 0 Å². The zero-order valence-corrected chi connectivity index (χ0v) is 13.9. The number of alkyl halides is 1. The van der Waals surface area contributed by atoms with Crippen LogP contribution in [-0.4, -0.2) is 53.8 Å². The van der Waals surface area contributed by atoms with E-state index in [1.807, 2.05) is 29.2 Å². The molecule has 1 amide bonds. The highest BCUT2D eigenvalue weighted by Crippen LogP contribution is 2.12. The van der Waals surface area contributed by atoms with Crippen LogP contribution in [0.15, 0.2) is 24.3 Å². The van der Waals surface area contributed by atoms with Crippen LogP contribution in [0.1, 0.15) is 12.0 Å². The quantitative estimate of drug-likeness (QED) is 0.772. The fourth-order valence-corrected chi connectivity index (χ4v) is 3.08.